The maximum absolute atomic E-state index is 5.44. The molecule has 2 heterocycles. The molecule has 2 aromatic rings. The highest BCUT2D eigenvalue weighted by molar-refractivity contribution is 5.92. The topological polar surface area (TPSA) is 47.5 Å². The predicted octanol–water partition coefficient (Wildman–Crippen LogP) is 3.66. The molecule has 1 saturated heterocycles. The molecule has 0 unspecified atom stereocenters. The van der Waals surface area contributed by atoms with Crippen molar-refractivity contribution in [1.82, 2.24) is 9.97 Å². The van der Waals surface area contributed by atoms with E-state index in [-0.39, 0.29) is 0 Å². The molecule has 0 saturated carbocycles. The number of ether oxygens (including phenoxy) is 2. The molecule has 1 aliphatic rings. The summed E-state index contributed by atoms with van der Waals surface area (Å²) in [6, 6.07) is 3.91. The molecule has 0 bridgehead atoms. The number of hydrogen-bond acceptors (Lipinski definition) is 5. The standard InChI is InChI=1S/C18H25N3O2/c1-4-5-13-6-8-21(9-7-13)18-14-10-16(22-2)17(23-3)11-15(14)19-12-20-18/h10-13H,4-9H2,1-3H3. The zero-order valence-electron chi connectivity index (χ0n) is 14.2. The number of fused-ring (bicyclic) bond motifs is 1. The van der Waals surface area contributed by atoms with Crippen LogP contribution in [0, 0.1) is 5.92 Å². The Bertz CT molecular complexity index is 667. The molecule has 0 aliphatic carbocycles. The van der Waals surface area contributed by atoms with Gasteiger partial charge in [-0.3, -0.25) is 0 Å². The molecule has 1 aliphatic heterocycles. The van der Waals surface area contributed by atoms with Crippen LogP contribution in [0.5, 0.6) is 11.5 Å². The third kappa shape index (κ3) is 3.19. The molecule has 1 fully saturated rings. The zero-order chi connectivity index (χ0) is 16.2. The molecular weight excluding hydrogens is 290 g/mol. The number of methoxy groups -OCH3 is 2. The van der Waals surface area contributed by atoms with Crippen LogP contribution >= 0.6 is 0 Å². The molecule has 0 radical (unpaired) electrons. The second kappa shape index (κ2) is 7.02. The second-order valence-corrected chi connectivity index (χ2v) is 6.14. The first-order chi connectivity index (χ1) is 11.3. The number of piperidine rings is 1. The summed E-state index contributed by atoms with van der Waals surface area (Å²) in [7, 11) is 3.30. The summed E-state index contributed by atoms with van der Waals surface area (Å²) >= 11 is 0. The Balaban J connectivity index is 1.92. The fourth-order valence-corrected chi connectivity index (χ4v) is 3.46. The number of rotatable bonds is 5. The minimum Gasteiger partial charge on any atom is -0.493 e. The summed E-state index contributed by atoms with van der Waals surface area (Å²) in [5.41, 5.74) is 0.892. The molecule has 5 heteroatoms. The Hall–Kier alpha value is -2.04. The lowest BCUT2D eigenvalue weighted by Gasteiger charge is -2.33. The minimum atomic E-state index is 0.700. The van der Waals surface area contributed by atoms with Crippen molar-refractivity contribution in [1.29, 1.82) is 0 Å². The lowest BCUT2D eigenvalue weighted by molar-refractivity contribution is 0.355. The zero-order valence-corrected chi connectivity index (χ0v) is 14.2. The van der Waals surface area contributed by atoms with Crippen LogP contribution in [0.25, 0.3) is 10.9 Å². The second-order valence-electron chi connectivity index (χ2n) is 6.14. The van der Waals surface area contributed by atoms with Crippen LogP contribution in [0.2, 0.25) is 0 Å². The normalized spacial score (nSPS) is 15.9. The van der Waals surface area contributed by atoms with Gasteiger partial charge in [0.1, 0.15) is 12.1 Å². The van der Waals surface area contributed by atoms with Gasteiger partial charge in [-0.1, -0.05) is 19.8 Å². The van der Waals surface area contributed by atoms with Gasteiger partial charge < -0.3 is 14.4 Å². The van der Waals surface area contributed by atoms with Crippen molar-refractivity contribution in [3.05, 3.63) is 18.5 Å². The van der Waals surface area contributed by atoms with Crippen molar-refractivity contribution in [2.75, 3.05) is 32.2 Å². The summed E-state index contributed by atoms with van der Waals surface area (Å²) in [6.07, 6.45) is 6.74. The maximum atomic E-state index is 5.44. The van der Waals surface area contributed by atoms with Crippen LogP contribution in [0.15, 0.2) is 18.5 Å². The number of aromatic nitrogens is 2. The Morgan fingerprint density at radius 2 is 1.78 bits per heavy atom. The summed E-state index contributed by atoms with van der Waals surface area (Å²) in [6.45, 7) is 4.39. The lowest BCUT2D eigenvalue weighted by Crippen LogP contribution is -2.34. The van der Waals surface area contributed by atoms with E-state index >= 15 is 0 Å². The van der Waals surface area contributed by atoms with Crippen molar-refractivity contribution < 1.29 is 9.47 Å². The Morgan fingerprint density at radius 1 is 1.09 bits per heavy atom. The van der Waals surface area contributed by atoms with Gasteiger partial charge in [0.15, 0.2) is 11.5 Å². The number of anilines is 1. The number of hydrogen-bond donors (Lipinski definition) is 0. The SMILES string of the molecule is CCCC1CCN(c2ncnc3cc(OC)c(OC)cc23)CC1. The maximum Gasteiger partial charge on any atom is 0.162 e. The molecule has 0 N–H and O–H groups in total. The molecule has 23 heavy (non-hydrogen) atoms. The van der Waals surface area contributed by atoms with Crippen LogP contribution in [-0.2, 0) is 0 Å². The van der Waals surface area contributed by atoms with E-state index in [0.29, 0.717) is 5.75 Å². The van der Waals surface area contributed by atoms with Gasteiger partial charge in [0.25, 0.3) is 0 Å². The van der Waals surface area contributed by atoms with Gasteiger partial charge in [-0.2, -0.15) is 0 Å². The van der Waals surface area contributed by atoms with Crippen LogP contribution in [0.1, 0.15) is 32.6 Å². The summed E-state index contributed by atoms with van der Waals surface area (Å²) < 4.78 is 10.8. The predicted molar refractivity (Wildman–Crippen MR) is 92.5 cm³/mol. The van der Waals surface area contributed by atoms with Gasteiger partial charge in [-0.25, -0.2) is 9.97 Å². The first-order valence-electron chi connectivity index (χ1n) is 8.38. The summed E-state index contributed by atoms with van der Waals surface area (Å²) in [4.78, 5) is 11.3. The van der Waals surface area contributed by atoms with E-state index in [1.807, 2.05) is 12.1 Å². The van der Waals surface area contributed by atoms with Gasteiger partial charge in [0.2, 0.25) is 0 Å². The first-order valence-corrected chi connectivity index (χ1v) is 8.38. The van der Waals surface area contributed by atoms with Crippen LogP contribution in [0.3, 0.4) is 0 Å². The molecular formula is C18H25N3O2. The number of nitrogens with zero attached hydrogens (tertiary/aromatic N) is 3. The molecule has 1 aromatic carbocycles. The van der Waals surface area contributed by atoms with Crippen molar-refractivity contribution in [3.63, 3.8) is 0 Å². The lowest BCUT2D eigenvalue weighted by atomic mass is 9.92. The van der Waals surface area contributed by atoms with Crippen molar-refractivity contribution in [2.24, 2.45) is 5.92 Å². The smallest absolute Gasteiger partial charge is 0.162 e. The van der Waals surface area contributed by atoms with Crippen LogP contribution < -0.4 is 14.4 Å². The molecule has 0 atom stereocenters. The quantitative estimate of drug-likeness (QED) is 0.842. The third-order valence-corrected chi connectivity index (χ3v) is 4.73. The summed E-state index contributed by atoms with van der Waals surface area (Å²) in [5, 5.41) is 1.03. The van der Waals surface area contributed by atoms with Gasteiger partial charge in [0.05, 0.1) is 19.7 Å². The van der Waals surface area contributed by atoms with Crippen molar-refractivity contribution in [2.45, 2.75) is 32.6 Å². The van der Waals surface area contributed by atoms with E-state index in [1.54, 1.807) is 20.5 Å². The monoisotopic (exact) mass is 315 g/mol. The van der Waals surface area contributed by atoms with Crippen molar-refractivity contribution in [3.8, 4) is 11.5 Å². The average molecular weight is 315 g/mol. The fourth-order valence-electron chi connectivity index (χ4n) is 3.46. The summed E-state index contributed by atoms with van der Waals surface area (Å²) in [5.74, 6) is 3.29. The van der Waals surface area contributed by atoms with E-state index in [0.717, 1.165) is 41.5 Å². The Morgan fingerprint density at radius 3 is 2.43 bits per heavy atom. The molecule has 0 amide bonds. The Labute approximate surface area is 137 Å². The molecule has 5 nitrogen and oxygen atoms in total. The fraction of sp³-hybridized carbons (Fsp3) is 0.556. The average Bonchev–Trinajstić information content (AvgIpc) is 2.61. The highest BCUT2D eigenvalue weighted by Gasteiger charge is 2.22. The minimum absolute atomic E-state index is 0.700. The van der Waals surface area contributed by atoms with Crippen molar-refractivity contribution >= 4 is 16.7 Å². The number of benzene rings is 1. The van der Waals surface area contributed by atoms with E-state index in [1.165, 1.54) is 25.7 Å². The highest BCUT2D eigenvalue weighted by Crippen LogP contribution is 2.35. The van der Waals surface area contributed by atoms with Crippen LogP contribution in [0.4, 0.5) is 5.82 Å². The van der Waals surface area contributed by atoms with E-state index in [2.05, 4.69) is 21.8 Å². The molecule has 124 valence electrons. The molecule has 3 rings (SSSR count). The first kappa shape index (κ1) is 15.8. The van der Waals surface area contributed by atoms with Gasteiger partial charge in [0, 0.05) is 24.5 Å². The Kier molecular flexibility index (Phi) is 4.84. The molecule has 0 spiro atoms. The van der Waals surface area contributed by atoms with E-state index in [4.69, 9.17) is 9.47 Å². The van der Waals surface area contributed by atoms with Gasteiger partial charge in [-0.15, -0.1) is 0 Å². The van der Waals surface area contributed by atoms with Crippen LogP contribution in [-0.4, -0.2) is 37.3 Å². The van der Waals surface area contributed by atoms with E-state index in [9.17, 15) is 0 Å². The third-order valence-electron chi connectivity index (χ3n) is 4.73. The highest BCUT2D eigenvalue weighted by atomic mass is 16.5. The largest absolute Gasteiger partial charge is 0.493 e. The van der Waals surface area contributed by atoms with Gasteiger partial charge >= 0.3 is 0 Å². The van der Waals surface area contributed by atoms with E-state index < -0.39 is 0 Å². The molecule has 1 aromatic heterocycles. The van der Waals surface area contributed by atoms with Gasteiger partial charge in [-0.05, 0) is 24.8 Å².